The monoisotopic (exact) mass is 333 g/mol. The predicted octanol–water partition coefficient (Wildman–Crippen LogP) is 3.03. The summed E-state index contributed by atoms with van der Waals surface area (Å²) in [6.07, 6.45) is 2.11. The van der Waals surface area contributed by atoms with Crippen LogP contribution in [0.1, 0.15) is 65.7 Å². The first-order valence-corrected chi connectivity index (χ1v) is 9.10. The van der Waals surface area contributed by atoms with E-state index in [9.17, 15) is 9.59 Å². The maximum Gasteiger partial charge on any atom is 0.270 e. The zero-order valence-corrected chi connectivity index (χ0v) is 15.7. The van der Waals surface area contributed by atoms with Crippen LogP contribution in [0.5, 0.6) is 0 Å². The Labute approximate surface area is 145 Å². The van der Waals surface area contributed by atoms with Crippen LogP contribution in [0, 0.1) is 19.8 Å². The normalized spacial score (nSPS) is 16.0. The second-order valence-electron chi connectivity index (χ2n) is 6.90. The molecule has 5 heteroatoms. The van der Waals surface area contributed by atoms with E-state index in [0.717, 1.165) is 56.8 Å². The van der Waals surface area contributed by atoms with Crippen molar-refractivity contribution in [3.8, 4) is 0 Å². The molecule has 0 radical (unpaired) electrons. The van der Waals surface area contributed by atoms with Gasteiger partial charge in [-0.1, -0.05) is 13.8 Å². The lowest BCUT2D eigenvalue weighted by Crippen LogP contribution is -2.42. The van der Waals surface area contributed by atoms with Crippen LogP contribution in [-0.2, 0) is 0 Å². The summed E-state index contributed by atoms with van der Waals surface area (Å²) in [5, 5.41) is 0. The van der Waals surface area contributed by atoms with E-state index in [2.05, 4.69) is 23.7 Å². The largest absolute Gasteiger partial charge is 0.354 e. The number of likely N-dealkylation sites (tertiary alicyclic amines) is 1. The van der Waals surface area contributed by atoms with Gasteiger partial charge in [-0.3, -0.25) is 9.59 Å². The molecule has 1 amide bonds. The molecule has 0 atom stereocenters. The molecule has 1 fully saturated rings. The molecule has 134 valence electrons. The minimum Gasteiger partial charge on any atom is -0.354 e. The lowest BCUT2D eigenvalue weighted by molar-refractivity contribution is 0.0663. The van der Waals surface area contributed by atoms with Crippen LogP contribution in [-0.4, -0.2) is 59.2 Å². The van der Waals surface area contributed by atoms with Crippen molar-refractivity contribution in [2.24, 2.45) is 5.92 Å². The Morgan fingerprint density at radius 2 is 1.75 bits per heavy atom. The third kappa shape index (κ3) is 3.89. The molecular weight excluding hydrogens is 302 g/mol. The fourth-order valence-corrected chi connectivity index (χ4v) is 3.82. The molecular formula is C19H31N3O2. The number of H-pyrrole nitrogens is 1. The second kappa shape index (κ2) is 7.97. The molecule has 1 aliphatic heterocycles. The molecule has 2 heterocycles. The molecule has 5 nitrogen and oxygen atoms in total. The topological polar surface area (TPSA) is 56.4 Å². The maximum absolute atomic E-state index is 12.8. The number of nitrogens with one attached hydrogen (secondary N) is 1. The summed E-state index contributed by atoms with van der Waals surface area (Å²) >= 11 is 0. The quantitative estimate of drug-likeness (QED) is 0.814. The lowest BCUT2D eigenvalue weighted by Gasteiger charge is -2.34. The van der Waals surface area contributed by atoms with Gasteiger partial charge in [0.05, 0.1) is 0 Å². The highest BCUT2D eigenvalue weighted by Gasteiger charge is 2.28. The van der Waals surface area contributed by atoms with Gasteiger partial charge in [0.25, 0.3) is 5.91 Å². The van der Waals surface area contributed by atoms with Gasteiger partial charge in [0.2, 0.25) is 0 Å². The Morgan fingerprint density at radius 1 is 1.17 bits per heavy atom. The summed E-state index contributed by atoms with van der Waals surface area (Å²) in [6.45, 7) is 14.6. The molecule has 1 N–H and O–H groups in total. The van der Waals surface area contributed by atoms with E-state index in [0.29, 0.717) is 17.2 Å². The molecule has 0 unspecified atom stereocenters. The number of carbonyl (C=O) groups is 2. The molecule has 1 aliphatic rings. The van der Waals surface area contributed by atoms with Crippen LogP contribution >= 0.6 is 0 Å². The van der Waals surface area contributed by atoms with Crippen molar-refractivity contribution in [1.29, 1.82) is 0 Å². The van der Waals surface area contributed by atoms with Crippen LogP contribution in [0.15, 0.2) is 0 Å². The van der Waals surface area contributed by atoms with Gasteiger partial charge in [-0.15, -0.1) is 0 Å². The van der Waals surface area contributed by atoms with Gasteiger partial charge in [-0.2, -0.15) is 0 Å². The van der Waals surface area contributed by atoms with Crippen LogP contribution < -0.4 is 0 Å². The van der Waals surface area contributed by atoms with Crippen molar-refractivity contribution in [3.63, 3.8) is 0 Å². The zero-order chi connectivity index (χ0) is 17.9. The van der Waals surface area contributed by atoms with E-state index in [1.54, 1.807) is 6.92 Å². The van der Waals surface area contributed by atoms with E-state index in [4.69, 9.17) is 0 Å². The number of rotatable bonds is 6. The second-order valence-corrected chi connectivity index (χ2v) is 6.90. The van der Waals surface area contributed by atoms with Crippen LogP contribution in [0.25, 0.3) is 0 Å². The average molecular weight is 333 g/mol. The first kappa shape index (κ1) is 18.7. The van der Waals surface area contributed by atoms with Crippen molar-refractivity contribution < 1.29 is 9.59 Å². The predicted molar refractivity (Wildman–Crippen MR) is 96.7 cm³/mol. The number of ketones is 1. The number of aromatic nitrogens is 1. The van der Waals surface area contributed by atoms with E-state index < -0.39 is 0 Å². The Kier molecular flexibility index (Phi) is 6.21. The molecule has 1 aromatic rings. The molecule has 1 saturated heterocycles. The van der Waals surface area contributed by atoms with Crippen molar-refractivity contribution in [1.82, 2.24) is 14.8 Å². The van der Waals surface area contributed by atoms with Crippen molar-refractivity contribution in [3.05, 3.63) is 22.5 Å². The Morgan fingerprint density at radius 3 is 2.21 bits per heavy atom. The third-order valence-electron chi connectivity index (χ3n) is 5.32. The number of carbonyl (C=O) groups excluding carboxylic acids is 2. The van der Waals surface area contributed by atoms with E-state index in [1.165, 1.54) is 0 Å². The lowest BCUT2D eigenvalue weighted by atomic mass is 9.95. The number of amides is 1. The molecule has 24 heavy (non-hydrogen) atoms. The van der Waals surface area contributed by atoms with Crippen LogP contribution in [0.4, 0.5) is 0 Å². The first-order chi connectivity index (χ1) is 11.4. The van der Waals surface area contributed by atoms with Crippen LogP contribution in [0.2, 0.25) is 0 Å². The number of hydrogen-bond donors (Lipinski definition) is 1. The number of hydrogen-bond acceptors (Lipinski definition) is 3. The molecule has 0 spiro atoms. The summed E-state index contributed by atoms with van der Waals surface area (Å²) in [4.78, 5) is 32.1. The Hall–Kier alpha value is -1.62. The van der Waals surface area contributed by atoms with E-state index in [1.807, 2.05) is 18.7 Å². The molecule has 2 rings (SSSR count). The standard InChI is InChI=1S/C19H31N3O2/c1-6-21(7-2)12-16-8-10-22(11-9-16)19(24)18-13(3)17(15(5)23)14(4)20-18/h16,20H,6-12H2,1-5H3. The number of aromatic amines is 1. The highest BCUT2D eigenvalue weighted by Crippen LogP contribution is 2.23. The molecule has 1 aromatic heterocycles. The fraction of sp³-hybridized carbons (Fsp3) is 0.684. The minimum atomic E-state index is 0.0123. The molecule has 0 saturated carbocycles. The molecule has 0 bridgehead atoms. The van der Waals surface area contributed by atoms with Gasteiger partial charge in [0.1, 0.15) is 5.69 Å². The minimum absolute atomic E-state index is 0.0123. The first-order valence-electron chi connectivity index (χ1n) is 9.10. The summed E-state index contributed by atoms with van der Waals surface area (Å²) in [7, 11) is 0. The van der Waals surface area contributed by atoms with Crippen LogP contribution in [0.3, 0.4) is 0 Å². The van der Waals surface area contributed by atoms with Gasteiger partial charge in [-0.05, 0) is 58.2 Å². The Balaban J connectivity index is 2.01. The van der Waals surface area contributed by atoms with Gasteiger partial charge < -0.3 is 14.8 Å². The summed E-state index contributed by atoms with van der Waals surface area (Å²) < 4.78 is 0. The SMILES string of the molecule is CCN(CC)CC1CCN(C(=O)c2[nH]c(C)c(C(C)=O)c2C)CC1. The third-order valence-corrected chi connectivity index (χ3v) is 5.32. The molecule has 0 aliphatic carbocycles. The average Bonchev–Trinajstić information content (AvgIpc) is 2.87. The van der Waals surface area contributed by atoms with Crippen molar-refractivity contribution in [2.45, 2.75) is 47.5 Å². The van der Waals surface area contributed by atoms with E-state index in [-0.39, 0.29) is 11.7 Å². The van der Waals surface area contributed by atoms with Crippen molar-refractivity contribution >= 4 is 11.7 Å². The van der Waals surface area contributed by atoms with Gasteiger partial charge in [0.15, 0.2) is 5.78 Å². The highest BCUT2D eigenvalue weighted by molar-refractivity contribution is 6.02. The zero-order valence-electron chi connectivity index (χ0n) is 15.7. The summed E-state index contributed by atoms with van der Waals surface area (Å²) in [5.74, 6) is 0.718. The van der Waals surface area contributed by atoms with Crippen molar-refractivity contribution in [2.75, 3.05) is 32.7 Å². The maximum atomic E-state index is 12.8. The number of Topliss-reactive ketones (excluding diaryl/α,β-unsaturated/α-hetero) is 1. The highest BCUT2D eigenvalue weighted by atomic mass is 16.2. The summed E-state index contributed by atoms with van der Waals surface area (Å²) in [5.41, 5.74) is 2.82. The number of nitrogens with zero attached hydrogens (tertiary/aromatic N) is 2. The van der Waals surface area contributed by atoms with E-state index >= 15 is 0 Å². The fourth-order valence-electron chi connectivity index (χ4n) is 3.82. The summed E-state index contributed by atoms with van der Waals surface area (Å²) in [6, 6.07) is 0. The van der Waals surface area contributed by atoms with Gasteiger partial charge >= 0.3 is 0 Å². The number of aryl methyl sites for hydroxylation is 1. The smallest absolute Gasteiger partial charge is 0.270 e. The number of piperidine rings is 1. The van der Waals surface area contributed by atoms with Gasteiger partial charge in [-0.25, -0.2) is 0 Å². The Bertz CT molecular complexity index is 594. The molecule has 0 aromatic carbocycles. The van der Waals surface area contributed by atoms with Gasteiger partial charge in [0, 0.05) is 30.9 Å².